The highest BCUT2D eigenvalue weighted by Crippen LogP contribution is 2.29. The van der Waals surface area contributed by atoms with Gasteiger partial charge in [0.15, 0.2) is 0 Å². The predicted molar refractivity (Wildman–Crippen MR) is 118 cm³/mol. The number of unbranched alkanes of at least 4 members (excludes halogenated alkanes) is 1. The van der Waals surface area contributed by atoms with Crippen LogP contribution in [0.3, 0.4) is 0 Å². The van der Waals surface area contributed by atoms with Gasteiger partial charge in [0, 0.05) is 6.42 Å². The number of benzene rings is 2. The van der Waals surface area contributed by atoms with Crippen LogP contribution in [0.1, 0.15) is 57.9 Å². The van der Waals surface area contributed by atoms with E-state index >= 15 is 0 Å². The molecule has 1 N–H and O–H groups in total. The van der Waals surface area contributed by atoms with E-state index in [1.807, 2.05) is 30.3 Å². The lowest BCUT2D eigenvalue weighted by Gasteiger charge is -2.13. The van der Waals surface area contributed by atoms with Crippen LogP contribution in [0, 0.1) is 0 Å². The van der Waals surface area contributed by atoms with Crippen LogP contribution in [-0.4, -0.2) is 19.1 Å². The summed E-state index contributed by atoms with van der Waals surface area (Å²) in [5.74, 6) is 1.96. The SMILES string of the molecule is CCCCOc1ccccc1NC(=O)CCCOc1ccc(C(C)C)cc1Br. The average Bonchev–Trinajstić information content (AvgIpc) is 2.67. The molecular formula is C23H30BrNO3. The number of rotatable bonds is 11. The highest BCUT2D eigenvalue weighted by atomic mass is 79.9. The largest absolute Gasteiger partial charge is 0.492 e. The van der Waals surface area contributed by atoms with E-state index in [1.165, 1.54) is 5.56 Å². The van der Waals surface area contributed by atoms with Gasteiger partial charge >= 0.3 is 0 Å². The molecule has 0 aromatic heterocycles. The minimum absolute atomic E-state index is 0.0376. The number of para-hydroxylation sites is 2. The van der Waals surface area contributed by atoms with E-state index in [0.29, 0.717) is 32.0 Å². The summed E-state index contributed by atoms with van der Waals surface area (Å²) >= 11 is 3.56. The summed E-state index contributed by atoms with van der Waals surface area (Å²) in [6.45, 7) is 7.58. The third-order valence-electron chi connectivity index (χ3n) is 4.34. The van der Waals surface area contributed by atoms with Crippen molar-refractivity contribution in [2.24, 2.45) is 0 Å². The number of nitrogens with one attached hydrogen (secondary N) is 1. The molecule has 152 valence electrons. The molecule has 0 unspecified atom stereocenters. The molecule has 0 bridgehead atoms. The Morgan fingerprint density at radius 1 is 1.04 bits per heavy atom. The third kappa shape index (κ3) is 7.19. The number of hydrogen-bond acceptors (Lipinski definition) is 3. The second-order valence-electron chi connectivity index (χ2n) is 7.04. The van der Waals surface area contributed by atoms with Crippen LogP contribution >= 0.6 is 15.9 Å². The molecule has 2 rings (SSSR count). The van der Waals surface area contributed by atoms with Crippen molar-refractivity contribution in [2.75, 3.05) is 18.5 Å². The van der Waals surface area contributed by atoms with Crippen LogP contribution in [0.5, 0.6) is 11.5 Å². The molecule has 2 aromatic rings. The highest BCUT2D eigenvalue weighted by Gasteiger charge is 2.09. The summed E-state index contributed by atoms with van der Waals surface area (Å²) in [6, 6.07) is 13.7. The fourth-order valence-corrected chi connectivity index (χ4v) is 3.15. The van der Waals surface area contributed by atoms with E-state index in [-0.39, 0.29) is 5.91 Å². The van der Waals surface area contributed by atoms with Gasteiger partial charge in [-0.15, -0.1) is 0 Å². The molecule has 1 amide bonds. The van der Waals surface area contributed by atoms with Gasteiger partial charge in [-0.3, -0.25) is 4.79 Å². The zero-order valence-corrected chi connectivity index (χ0v) is 18.6. The number of carbonyl (C=O) groups is 1. The molecule has 0 aliphatic rings. The van der Waals surface area contributed by atoms with E-state index < -0.39 is 0 Å². The van der Waals surface area contributed by atoms with Crippen LogP contribution in [0.15, 0.2) is 46.9 Å². The Kier molecular flexibility index (Phi) is 9.35. The minimum Gasteiger partial charge on any atom is -0.492 e. The van der Waals surface area contributed by atoms with Crippen LogP contribution in [0.2, 0.25) is 0 Å². The minimum atomic E-state index is -0.0376. The number of amides is 1. The van der Waals surface area contributed by atoms with E-state index in [9.17, 15) is 4.79 Å². The monoisotopic (exact) mass is 447 g/mol. The first-order valence-electron chi connectivity index (χ1n) is 9.95. The molecule has 0 fully saturated rings. The van der Waals surface area contributed by atoms with Gasteiger partial charge in [-0.05, 0) is 64.5 Å². The van der Waals surface area contributed by atoms with Gasteiger partial charge < -0.3 is 14.8 Å². The quantitative estimate of drug-likeness (QED) is 0.397. The first kappa shape index (κ1) is 22.3. The molecule has 2 aromatic carbocycles. The highest BCUT2D eigenvalue weighted by molar-refractivity contribution is 9.10. The van der Waals surface area contributed by atoms with Crippen molar-refractivity contribution >= 4 is 27.5 Å². The standard InChI is InChI=1S/C23H30BrNO3/c1-4-5-14-28-22-10-7-6-9-20(22)25-23(26)11-8-15-27-21-13-12-18(17(2)3)16-19(21)24/h6-7,9-10,12-13,16-17H,4-5,8,11,14-15H2,1-3H3,(H,25,26). The Morgan fingerprint density at radius 2 is 1.75 bits per heavy atom. The maximum absolute atomic E-state index is 12.3. The molecule has 0 saturated heterocycles. The lowest BCUT2D eigenvalue weighted by atomic mass is 10.0. The molecule has 0 spiro atoms. The number of ether oxygens (including phenoxy) is 2. The second-order valence-corrected chi connectivity index (χ2v) is 7.90. The zero-order valence-electron chi connectivity index (χ0n) is 17.0. The molecule has 4 nitrogen and oxygen atoms in total. The van der Waals surface area contributed by atoms with Crippen LogP contribution in [0.4, 0.5) is 5.69 Å². The Bertz CT molecular complexity index is 761. The van der Waals surface area contributed by atoms with Crippen molar-refractivity contribution in [2.45, 2.75) is 52.4 Å². The smallest absolute Gasteiger partial charge is 0.224 e. The first-order valence-corrected chi connectivity index (χ1v) is 10.7. The molecule has 0 saturated carbocycles. The molecule has 0 radical (unpaired) electrons. The van der Waals surface area contributed by atoms with Gasteiger partial charge in [0.05, 0.1) is 23.4 Å². The van der Waals surface area contributed by atoms with E-state index in [2.05, 4.69) is 54.2 Å². The predicted octanol–water partition coefficient (Wildman–Crippen LogP) is 6.55. The first-order chi connectivity index (χ1) is 13.5. The van der Waals surface area contributed by atoms with Crippen LogP contribution in [0.25, 0.3) is 0 Å². The average molecular weight is 448 g/mol. The number of carbonyl (C=O) groups excluding carboxylic acids is 1. The molecule has 5 heteroatoms. The number of halogens is 1. The summed E-state index contributed by atoms with van der Waals surface area (Å²) in [5.41, 5.74) is 1.98. The van der Waals surface area contributed by atoms with Crippen molar-refractivity contribution < 1.29 is 14.3 Å². The summed E-state index contributed by atoms with van der Waals surface area (Å²) in [4.78, 5) is 12.3. The second kappa shape index (κ2) is 11.7. The Morgan fingerprint density at radius 3 is 2.46 bits per heavy atom. The van der Waals surface area contributed by atoms with Crippen LogP contribution in [-0.2, 0) is 4.79 Å². The molecule has 0 aliphatic heterocycles. The van der Waals surface area contributed by atoms with Gasteiger partial charge in [0.25, 0.3) is 0 Å². The van der Waals surface area contributed by atoms with Crippen molar-refractivity contribution in [3.8, 4) is 11.5 Å². The summed E-state index contributed by atoms with van der Waals surface area (Å²) in [7, 11) is 0. The summed E-state index contributed by atoms with van der Waals surface area (Å²) in [6.07, 6.45) is 3.10. The van der Waals surface area contributed by atoms with E-state index in [4.69, 9.17) is 9.47 Å². The van der Waals surface area contributed by atoms with Gasteiger partial charge in [-0.2, -0.15) is 0 Å². The Labute approximate surface area is 176 Å². The fourth-order valence-electron chi connectivity index (χ4n) is 2.64. The van der Waals surface area contributed by atoms with Gasteiger partial charge in [-0.1, -0.05) is 45.4 Å². The maximum Gasteiger partial charge on any atom is 0.224 e. The molecule has 0 aliphatic carbocycles. The summed E-state index contributed by atoms with van der Waals surface area (Å²) < 4.78 is 12.5. The van der Waals surface area contributed by atoms with Crippen LogP contribution < -0.4 is 14.8 Å². The zero-order chi connectivity index (χ0) is 20.4. The van der Waals surface area contributed by atoms with Crippen molar-refractivity contribution in [1.82, 2.24) is 0 Å². The van der Waals surface area contributed by atoms with Gasteiger partial charge in [-0.25, -0.2) is 0 Å². The lowest BCUT2D eigenvalue weighted by Crippen LogP contribution is -2.14. The maximum atomic E-state index is 12.3. The van der Waals surface area contributed by atoms with E-state index in [1.54, 1.807) is 0 Å². The van der Waals surface area contributed by atoms with Gasteiger partial charge in [0.1, 0.15) is 11.5 Å². The van der Waals surface area contributed by atoms with Crippen molar-refractivity contribution in [1.29, 1.82) is 0 Å². The molecular weight excluding hydrogens is 418 g/mol. The van der Waals surface area contributed by atoms with Crippen molar-refractivity contribution in [3.63, 3.8) is 0 Å². The molecule has 28 heavy (non-hydrogen) atoms. The van der Waals surface area contributed by atoms with E-state index in [0.717, 1.165) is 34.5 Å². The third-order valence-corrected chi connectivity index (χ3v) is 4.96. The number of hydrogen-bond donors (Lipinski definition) is 1. The lowest BCUT2D eigenvalue weighted by molar-refractivity contribution is -0.116. The Balaban J connectivity index is 1.78. The Hall–Kier alpha value is -2.01. The molecule has 0 heterocycles. The van der Waals surface area contributed by atoms with Gasteiger partial charge in [0.2, 0.25) is 5.91 Å². The fraction of sp³-hybridized carbons (Fsp3) is 0.435. The molecule has 0 atom stereocenters. The van der Waals surface area contributed by atoms with Crippen molar-refractivity contribution in [3.05, 3.63) is 52.5 Å². The number of anilines is 1. The summed E-state index contributed by atoms with van der Waals surface area (Å²) in [5, 5.41) is 2.94. The normalized spacial score (nSPS) is 10.8. The topological polar surface area (TPSA) is 47.6 Å².